The van der Waals surface area contributed by atoms with Gasteiger partial charge in [-0.15, -0.1) is 0 Å². The fourth-order valence-corrected chi connectivity index (χ4v) is 2.72. The number of rotatable bonds is 3. The molecule has 1 aromatic heterocycles. The van der Waals surface area contributed by atoms with Crippen LogP contribution in [0.2, 0.25) is 0 Å². The van der Waals surface area contributed by atoms with E-state index in [1.165, 1.54) is 6.08 Å². The number of fused-ring (bicyclic) bond motifs is 1. The smallest absolute Gasteiger partial charge is 0.258 e. The van der Waals surface area contributed by atoms with Crippen molar-refractivity contribution in [1.82, 2.24) is 4.57 Å². The largest absolute Gasteiger partial charge is 0.311 e. The van der Waals surface area contributed by atoms with Gasteiger partial charge in [-0.25, -0.2) is 0 Å². The molecule has 3 heteroatoms. The number of pyridine rings is 1. The molecule has 22 heavy (non-hydrogen) atoms. The van der Waals surface area contributed by atoms with Gasteiger partial charge in [0, 0.05) is 18.0 Å². The molecule has 0 radical (unpaired) electrons. The molecule has 0 aliphatic carbocycles. The molecule has 2 aromatic carbocycles. The Bertz CT molecular complexity index is 921. The van der Waals surface area contributed by atoms with E-state index in [0.717, 1.165) is 22.2 Å². The minimum atomic E-state index is -0.0687. The summed E-state index contributed by atoms with van der Waals surface area (Å²) in [7, 11) is 1.73. The highest BCUT2D eigenvalue weighted by molar-refractivity contribution is 5.99. The van der Waals surface area contributed by atoms with Crippen LogP contribution in [0.5, 0.6) is 0 Å². The maximum atomic E-state index is 12.5. The monoisotopic (exact) mass is 289 g/mol. The van der Waals surface area contributed by atoms with Gasteiger partial charge in [-0.05, 0) is 29.2 Å². The van der Waals surface area contributed by atoms with E-state index in [4.69, 9.17) is 0 Å². The molecular weight excluding hydrogens is 274 g/mol. The number of carbonyl (C=O) groups is 1. The summed E-state index contributed by atoms with van der Waals surface area (Å²) in [4.78, 5) is 23.2. The molecule has 0 saturated carbocycles. The first-order valence-corrected chi connectivity index (χ1v) is 7.03. The molecule has 0 amide bonds. The van der Waals surface area contributed by atoms with Gasteiger partial charge in [0.2, 0.25) is 0 Å². The van der Waals surface area contributed by atoms with Crippen LogP contribution in [0.15, 0.2) is 65.5 Å². The number of benzene rings is 2. The van der Waals surface area contributed by atoms with Crippen molar-refractivity contribution in [3.8, 4) is 11.1 Å². The van der Waals surface area contributed by atoms with Crippen LogP contribution in [0.4, 0.5) is 0 Å². The van der Waals surface area contributed by atoms with Crippen molar-refractivity contribution in [3.05, 3.63) is 76.7 Å². The molecular formula is C19H15NO2. The molecule has 0 spiro atoms. The lowest BCUT2D eigenvalue weighted by atomic mass is 9.96. The zero-order valence-corrected chi connectivity index (χ0v) is 12.2. The topological polar surface area (TPSA) is 39.1 Å². The molecule has 0 aliphatic rings. The van der Waals surface area contributed by atoms with E-state index < -0.39 is 0 Å². The first kappa shape index (κ1) is 14.0. The van der Waals surface area contributed by atoms with Crippen LogP contribution in [0.3, 0.4) is 0 Å². The van der Waals surface area contributed by atoms with Crippen molar-refractivity contribution >= 4 is 23.1 Å². The van der Waals surface area contributed by atoms with Crippen molar-refractivity contribution in [3.63, 3.8) is 0 Å². The summed E-state index contributed by atoms with van der Waals surface area (Å²) < 4.78 is 1.59. The highest BCUT2D eigenvalue weighted by Crippen LogP contribution is 2.30. The summed E-state index contributed by atoms with van der Waals surface area (Å²) in [5.41, 5.74) is 2.62. The molecule has 3 nitrogen and oxygen atoms in total. The number of carbonyl (C=O) groups excluding carboxylic acids is 1. The normalized spacial score (nSPS) is 11.1. The van der Waals surface area contributed by atoms with E-state index >= 15 is 0 Å². The summed E-state index contributed by atoms with van der Waals surface area (Å²) in [6, 6.07) is 17.4. The lowest BCUT2D eigenvalue weighted by Crippen LogP contribution is -2.20. The Balaban J connectivity index is 2.51. The van der Waals surface area contributed by atoms with E-state index in [1.807, 2.05) is 54.6 Å². The lowest BCUT2D eigenvalue weighted by molar-refractivity contribution is -0.104. The third kappa shape index (κ3) is 2.27. The fraction of sp³-hybridized carbons (Fsp3) is 0.0526. The Morgan fingerprint density at radius 3 is 2.23 bits per heavy atom. The van der Waals surface area contributed by atoms with E-state index in [2.05, 4.69) is 0 Å². The number of nitrogens with zero attached hydrogens (tertiary/aromatic N) is 1. The van der Waals surface area contributed by atoms with Crippen molar-refractivity contribution in [2.75, 3.05) is 0 Å². The maximum absolute atomic E-state index is 12.5. The number of hydrogen-bond donors (Lipinski definition) is 0. The molecule has 0 fully saturated rings. The second kappa shape index (κ2) is 5.82. The average Bonchev–Trinajstić information content (AvgIpc) is 2.57. The van der Waals surface area contributed by atoms with Crippen LogP contribution in [0.1, 0.15) is 5.69 Å². The molecule has 0 saturated heterocycles. The van der Waals surface area contributed by atoms with Crippen LogP contribution >= 0.6 is 0 Å². The Hall–Kier alpha value is -2.94. The molecule has 3 rings (SSSR count). The Morgan fingerprint density at radius 1 is 0.909 bits per heavy atom. The summed E-state index contributed by atoms with van der Waals surface area (Å²) in [5, 5.41) is 1.56. The third-order valence-electron chi connectivity index (χ3n) is 3.74. The van der Waals surface area contributed by atoms with Crippen LogP contribution in [0.25, 0.3) is 28.0 Å². The lowest BCUT2D eigenvalue weighted by Gasteiger charge is -2.15. The predicted molar refractivity (Wildman–Crippen MR) is 89.7 cm³/mol. The summed E-state index contributed by atoms with van der Waals surface area (Å²) in [6.07, 6.45) is 3.81. The van der Waals surface area contributed by atoms with Crippen LogP contribution < -0.4 is 5.56 Å². The van der Waals surface area contributed by atoms with Gasteiger partial charge in [0.15, 0.2) is 0 Å². The van der Waals surface area contributed by atoms with E-state index in [0.29, 0.717) is 11.7 Å². The zero-order valence-electron chi connectivity index (χ0n) is 12.2. The third-order valence-corrected chi connectivity index (χ3v) is 3.74. The summed E-state index contributed by atoms with van der Waals surface area (Å²) >= 11 is 0. The highest BCUT2D eigenvalue weighted by atomic mass is 16.1. The van der Waals surface area contributed by atoms with Gasteiger partial charge in [-0.1, -0.05) is 48.5 Å². The van der Waals surface area contributed by atoms with E-state index in [9.17, 15) is 9.59 Å². The van der Waals surface area contributed by atoms with Gasteiger partial charge in [0.05, 0.1) is 5.69 Å². The van der Waals surface area contributed by atoms with Gasteiger partial charge in [-0.3, -0.25) is 9.59 Å². The molecule has 3 aromatic rings. The number of aromatic nitrogens is 1. The van der Waals surface area contributed by atoms with Crippen LogP contribution in [0, 0.1) is 0 Å². The zero-order chi connectivity index (χ0) is 15.5. The second-order valence-corrected chi connectivity index (χ2v) is 5.03. The molecule has 0 unspecified atom stereocenters. The standard InChI is InChI=1S/C19H15NO2/c1-20-17(12-7-13-21)18(14-8-3-2-4-9-14)15-10-5-6-11-16(15)19(20)22/h2-13H,1H3/b12-7+. The summed E-state index contributed by atoms with van der Waals surface area (Å²) in [6.45, 7) is 0. The summed E-state index contributed by atoms with van der Waals surface area (Å²) in [5.74, 6) is 0. The molecule has 0 N–H and O–H groups in total. The minimum absolute atomic E-state index is 0.0687. The minimum Gasteiger partial charge on any atom is -0.311 e. The SMILES string of the molecule is Cn1c(/C=C/C=O)c(-c2ccccc2)c2ccccc2c1=O. The predicted octanol–water partition coefficient (Wildman–Crippen LogP) is 3.42. The number of aldehydes is 1. The molecule has 108 valence electrons. The van der Waals surface area contributed by atoms with Gasteiger partial charge in [0.1, 0.15) is 6.29 Å². The van der Waals surface area contributed by atoms with Crippen molar-refractivity contribution in [1.29, 1.82) is 0 Å². The first-order chi connectivity index (χ1) is 10.7. The average molecular weight is 289 g/mol. The number of allylic oxidation sites excluding steroid dienone is 1. The van der Waals surface area contributed by atoms with Gasteiger partial charge in [-0.2, -0.15) is 0 Å². The molecule has 0 aliphatic heterocycles. The van der Waals surface area contributed by atoms with Crippen molar-refractivity contribution in [2.45, 2.75) is 0 Å². The van der Waals surface area contributed by atoms with Crippen LogP contribution in [-0.2, 0) is 11.8 Å². The van der Waals surface area contributed by atoms with Crippen molar-refractivity contribution in [2.24, 2.45) is 7.05 Å². The maximum Gasteiger partial charge on any atom is 0.258 e. The number of hydrogen-bond acceptors (Lipinski definition) is 2. The molecule has 0 bridgehead atoms. The van der Waals surface area contributed by atoms with E-state index in [-0.39, 0.29) is 5.56 Å². The highest BCUT2D eigenvalue weighted by Gasteiger charge is 2.14. The Kier molecular flexibility index (Phi) is 3.71. The van der Waals surface area contributed by atoms with E-state index in [1.54, 1.807) is 17.7 Å². The van der Waals surface area contributed by atoms with Gasteiger partial charge >= 0.3 is 0 Å². The molecule has 0 atom stereocenters. The first-order valence-electron chi connectivity index (χ1n) is 7.03. The van der Waals surface area contributed by atoms with Gasteiger partial charge in [0.25, 0.3) is 5.56 Å². The Labute approximate surface area is 128 Å². The van der Waals surface area contributed by atoms with Crippen LogP contribution in [-0.4, -0.2) is 10.9 Å². The quantitative estimate of drug-likeness (QED) is 0.547. The van der Waals surface area contributed by atoms with Crippen molar-refractivity contribution < 1.29 is 4.79 Å². The van der Waals surface area contributed by atoms with Gasteiger partial charge < -0.3 is 4.57 Å². The Morgan fingerprint density at radius 2 is 1.55 bits per heavy atom. The second-order valence-electron chi connectivity index (χ2n) is 5.03. The fourth-order valence-electron chi connectivity index (χ4n) is 2.72. The molecule has 1 heterocycles.